The molecule has 0 aromatic carbocycles. The lowest BCUT2D eigenvalue weighted by Crippen LogP contribution is -2.16. The summed E-state index contributed by atoms with van der Waals surface area (Å²) in [5, 5.41) is 1.10. The minimum absolute atomic E-state index is 1.10. The Labute approximate surface area is 69.9 Å². The van der Waals surface area contributed by atoms with E-state index in [2.05, 4.69) is 17.5 Å². The Kier molecular flexibility index (Phi) is 2.81. The molecule has 1 heterocycles. The van der Waals surface area contributed by atoms with Crippen LogP contribution < -0.4 is 9.75 Å². The van der Waals surface area contributed by atoms with Crippen molar-refractivity contribution in [2.45, 2.75) is 0 Å². The molecule has 1 aromatic heterocycles. The van der Waals surface area contributed by atoms with Crippen LogP contribution in [0.4, 0.5) is 0 Å². The second-order valence-electron chi connectivity index (χ2n) is 1.95. The van der Waals surface area contributed by atoms with Crippen LogP contribution in [0.15, 0.2) is 31.5 Å². The largest absolute Gasteiger partial charge is 0.200 e. The van der Waals surface area contributed by atoms with E-state index in [0.717, 1.165) is 9.75 Å². The zero-order chi connectivity index (χ0) is 8.10. The van der Waals surface area contributed by atoms with Crippen molar-refractivity contribution in [3.63, 3.8) is 0 Å². The molecule has 11 heavy (non-hydrogen) atoms. The van der Waals surface area contributed by atoms with E-state index in [9.17, 15) is 0 Å². The third-order valence-electron chi connectivity index (χ3n) is 1.19. The second-order valence-corrected chi connectivity index (χ2v) is 2.78. The standard InChI is InChI=1S/C9H9NS/c1-3-5-8-7-10-11-9(8)6-4-2/h3-7H,1-2H2/b8-5-,9-6+. The third-order valence-corrected chi connectivity index (χ3v) is 1.97. The van der Waals surface area contributed by atoms with Crippen molar-refractivity contribution in [2.75, 3.05) is 0 Å². The van der Waals surface area contributed by atoms with Crippen LogP contribution in [0.2, 0.25) is 0 Å². The third kappa shape index (κ3) is 1.88. The Bertz CT molecular complexity index is 325. The van der Waals surface area contributed by atoms with E-state index in [0.29, 0.717) is 0 Å². The zero-order valence-electron chi connectivity index (χ0n) is 6.16. The van der Waals surface area contributed by atoms with Crippen molar-refractivity contribution in [1.82, 2.24) is 4.37 Å². The molecular weight excluding hydrogens is 154 g/mol. The zero-order valence-corrected chi connectivity index (χ0v) is 6.97. The molecular formula is C9H9NS. The maximum atomic E-state index is 4.04. The summed E-state index contributed by atoms with van der Waals surface area (Å²) in [6.07, 6.45) is 9.20. The van der Waals surface area contributed by atoms with Gasteiger partial charge in [0.1, 0.15) is 0 Å². The van der Waals surface area contributed by atoms with Crippen LogP contribution in [0.1, 0.15) is 0 Å². The van der Waals surface area contributed by atoms with Crippen LogP contribution in [-0.2, 0) is 0 Å². The van der Waals surface area contributed by atoms with Crippen LogP contribution in [-0.4, -0.2) is 4.37 Å². The summed E-state index contributed by atoms with van der Waals surface area (Å²) in [5.74, 6) is 0. The normalized spacial score (nSPS) is 13.5. The smallest absolute Gasteiger partial charge is 0.0549 e. The summed E-state index contributed by atoms with van der Waals surface area (Å²) in [7, 11) is 0. The molecule has 0 bridgehead atoms. The molecule has 1 aromatic rings. The molecule has 0 fully saturated rings. The van der Waals surface area contributed by atoms with Gasteiger partial charge >= 0.3 is 0 Å². The van der Waals surface area contributed by atoms with E-state index in [1.54, 1.807) is 12.2 Å². The number of nitrogens with zero attached hydrogens (tertiary/aromatic N) is 1. The molecule has 0 aliphatic rings. The maximum absolute atomic E-state index is 4.04. The highest BCUT2D eigenvalue weighted by atomic mass is 32.1. The molecule has 0 radical (unpaired) electrons. The quantitative estimate of drug-likeness (QED) is 0.635. The van der Waals surface area contributed by atoms with E-state index in [4.69, 9.17) is 0 Å². The van der Waals surface area contributed by atoms with Gasteiger partial charge in [-0.3, -0.25) is 0 Å². The molecule has 0 atom stereocenters. The number of hydrogen-bond acceptors (Lipinski definition) is 2. The number of aromatic nitrogens is 1. The van der Waals surface area contributed by atoms with Crippen molar-refractivity contribution < 1.29 is 0 Å². The van der Waals surface area contributed by atoms with Gasteiger partial charge in [0, 0.05) is 11.4 Å². The topological polar surface area (TPSA) is 12.9 Å². The van der Waals surface area contributed by atoms with E-state index in [1.165, 1.54) is 11.5 Å². The summed E-state index contributed by atoms with van der Waals surface area (Å²) < 4.78 is 5.17. The maximum Gasteiger partial charge on any atom is 0.0549 e. The molecule has 1 nitrogen and oxygen atoms in total. The van der Waals surface area contributed by atoms with Crippen LogP contribution in [0.25, 0.3) is 12.2 Å². The van der Waals surface area contributed by atoms with Crippen LogP contribution in [0, 0.1) is 0 Å². The Morgan fingerprint density at radius 2 is 2.00 bits per heavy atom. The lowest BCUT2D eigenvalue weighted by molar-refractivity contribution is 1.53. The first kappa shape index (κ1) is 7.95. The molecule has 56 valence electrons. The first-order valence-electron chi connectivity index (χ1n) is 3.24. The fraction of sp³-hybridized carbons (Fsp3) is 0. The van der Waals surface area contributed by atoms with Gasteiger partial charge in [0.05, 0.1) is 4.53 Å². The average Bonchev–Trinajstić information content (AvgIpc) is 2.39. The molecule has 0 amide bonds. The van der Waals surface area contributed by atoms with E-state index in [1.807, 2.05) is 18.3 Å². The molecule has 0 unspecified atom stereocenters. The van der Waals surface area contributed by atoms with E-state index in [-0.39, 0.29) is 0 Å². The lowest BCUT2D eigenvalue weighted by atomic mass is 10.4. The second kappa shape index (κ2) is 3.88. The van der Waals surface area contributed by atoms with Gasteiger partial charge in [-0.2, -0.15) is 4.37 Å². The lowest BCUT2D eigenvalue weighted by Gasteiger charge is -1.71. The monoisotopic (exact) mass is 163 g/mol. The summed E-state index contributed by atoms with van der Waals surface area (Å²) >= 11 is 1.46. The van der Waals surface area contributed by atoms with E-state index >= 15 is 0 Å². The number of allylic oxidation sites excluding steroid dienone is 2. The van der Waals surface area contributed by atoms with Crippen molar-refractivity contribution >= 4 is 23.7 Å². The SMILES string of the molecule is C=C/C=c1/cns/c1=C/C=C. The first-order valence-corrected chi connectivity index (χ1v) is 4.02. The molecule has 1 rings (SSSR count). The van der Waals surface area contributed by atoms with Crippen LogP contribution >= 0.6 is 11.5 Å². The Hall–Kier alpha value is -1.15. The van der Waals surface area contributed by atoms with Crippen molar-refractivity contribution in [3.05, 3.63) is 41.3 Å². The summed E-state index contributed by atoms with van der Waals surface area (Å²) in [4.78, 5) is 0. The van der Waals surface area contributed by atoms with Crippen LogP contribution in [0.5, 0.6) is 0 Å². The molecule has 0 aliphatic heterocycles. The van der Waals surface area contributed by atoms with Crippen LogP contribution in [0.3, 0.4) is 0 Å². The summed E-state index contributed by atoms with van der Waals surface area (Å²) in [6, 6.07) is 0. The van der Waals surface area contributed by atoms with Gasteiger partial charge in [0.15, 0.2) is 0 Å². The minimum Gasteiger partial charge on any atom is -0.200 e. The molecule has 0 spiro atoms. The average molecular weight is 163 g/mol. The van der Waals surface area contributed by atoms with Gasteiger partial charge < -0.3 is 0 Å². The van der Waals surface area contributed by atoms with Gasteiger partial charge in [-0.15, -0.1) is 0 Å². The Morgan fingerprint density at radius 3 is 2.64 bits per heavy atom. The predicted octanol–water partition coefficient (Wildman–Crippen LogP) is 1.08. The molecule has 0 N–H and O–H groups in total. The van der Waals surface area contributed by atoms with Gasteiger partial charge in [0.25, 0.3) is 0 Å². The fourth-order valence-electron chi connectivity index (χ4n) is 0.742. The highest BCUT2D eigenvalue weighted by Gasteiger charge is 1.83. The van der Waals surface area contributed by atoms with Gasteiger partial charge in [-0.05, 0) is 17.6 Å². The Balaban J connectivity index is 3.38. The van der Waals surface area contributed by atoms with E-state index < -0.39 is 0 Å². The van der Waals surface area contributed by atoms with Crippen molar-refractivity contribution in [1.29, 1.82) is 0 Å². The highest BCUT2D eigenvalue weighted by molar-refractivity contribution is 7.03. The Morgan fingerprint density at radius 1 is 1.27 bits per heavy atom. The molecule has 0 saturated carbocycles. The van der Waals surface area contributed by atoms with Gasteiger partial charge in [-0.1, -0.05) is 31.4 Å². The fourth-order valence-corrected chi connectivity index (χ4v) is 1.41. The predicted molar refractivity (Wildman–Crippen MR) is 50.7 cm³/mol. The number of rotatable bonds is 2. The number of hydrogen-bond donors (Lipinski definition) is 0. The highest BCUT2D eigenvalue weighted by Crippen LogP contribution is 1.75. The van der Waals surface area contributed by atoms with Gasteiger partial charge in [0.2, 0.25) is 0 Å². The first-order chi connectivity index (χ1) is 5.38. The molecule has 0 saturated heterocycles. The van der Waals surface area contributed by atoms with Gasteiger partial charge in [-0.25, -0.2) is 0 Å². The molecule has 0 aliphatic carbocycles. The summed E-state index contributed by atoms with van der Waals surface area (Å²) in [6.45, 7) is 7.24. The van der Waals surface area contributed by atoms with Crippen molar-refractivity contribution in [2.24, 2.45) is 0 Å². The minimum atomic E-state index is 1.10. The molecule has 2 heteroatoms. The summed E-state index contributed by atoms with van der Waals surface area (Å²) in [5.41, 5.74) is 0. The van der Waals surface area contributed by atoms with Crippen molar-refractivity contribution in [3.8, 4) is 0 Å².